The number of amides is 1. The van der Waals surface area contributed by atoms with Gasteiger partial charge in [0.05, 0.1) is 0 Å². The van der Waals surface area contributed by atoms with Crippen LogP contribution in [0.2, 0.25) is 0 Å². The van der Waals surface area contributed by atoms with E-state index in [9.17, 15) is 14.9 Å². The van der Waals surface area contributed by atoms with Crippen LogP contribution in [0.15, 0.2) is 0 Å². The minimum atomic E-state index is -1.05. The summed E-state index contributed by atoms with van der Waals surface area (Å²) in [6.07, 6.45) is 0.253. The third kappa shape index (κ3) is 3.54. The molecule has 2 N–H and O–H groups in total. The fourth-order valence-electron chi connectivity index (χ4n) is 0.520. The number of carbonyl (C=O) groups is 1. The Kier molecular flexibility index (Phi) is 2.98. The van der Waals surface area contributed by atoms with Gasteiger partial charge in [-0.1, -0.05) is 0 Å². The van der Waals surface area contributed by atoms with Crippen LogP contribution in [0.3, 0.4) is 0 Å². The van der Waals surface area contributed by atoms with E-state index in [1.54, 1.807) is 0 Å². The van der Waals surface area contributed by atoms with Crippen molar-refractivity contribution in [3.8, 4) is 0 Å². The van der Waals surface area contributed by atoms with Gasteiger partial charge >= 0.3 is 0 Å². The Labute approximate surface area is 64.7 Å². The van der Waals surface area contributed by atoms with Gasteiger partial charge in [0.1, 0.15) is 0 Å². The molecule has 0 rings (SSSR count). The first kappa shape index (κ1) is 9.87. The molecular weight excluding hydrogens is 148 g/mol. The topological polar surface area (TPSA) is 86.2 Å². The van der Waals surface area contributed by atoms with E-state index in [4.69, 9.17) is 5.73 Å². The number of rotatable bonds is 4. The molecule has 0 heterocycles. The van der Waals surface area contributed by atoms with Gasteiger partial charge in [-0.25, -0.2) is 0 Å². The zero-order valence-electron chi connectivity index (χ0n) is 6.66. The minimum Gasteiger partial charge on any atom is -0.370 e. The van der Waals surface area contributed by atoms with Crippen molar-refractivity contribution >= 4 is 5.91 Å². The maximum Gasteiger partial charge on any atom is 0.217 e. The van der Waals surface area contributed by atoms with Crippen molar-refractivity contribution in [2.24, 2.45) is 5.73 Å². The molecule has 11 heavy (non-hydrogen) atoms. The number of primary amides is 1. The van der Waals surface area contributed by atoms with Crippen LogP contribution in [0.4, 0.5) is 0 Å². The Morgan fingerprint density at radius 1 is 1.64 bits per heavy atom. The molecule has 0 fully saturated rings. The highest BCUT2D eigenvalue weighted by Gasteiger charge is 2.30. The quantitative estimate of drug-likeness (QED) is 0.474. The van der Waals surface area contributed by atoms with Gasteiger partial charge in [0.25, 0.3) is 0 Å². The van der Waals surface area contributed by atoms with Crippen LogP contribution >= 0.6 is 0 Å². The Hall–Kier alpha value is -1.13. The predicted molar refractivity (Wildman–Crippen MR) is 39.5 cm³/mol. The van der Waals surface area contributed by atoms with Crippen LogP contribution in [-0.2, 0) is 4.79 Å². The van der Waals surface area contributed by atoms with E-state index >= 15 is 0 Å². The largest absolute Gasteiger partial charge is 0.370 e. The average molecular weight is 160 g/mol. The maximum atomic E-state index is 10.3. The molecule has 0 aliphatic rings. The second-order valence-corrected chi connectivity index (χ2v) is 3.04. The lowest BCUT2D eigenvalue weighted by Gasteiger charge is -2.13. The van der Waals surface area contributed by atoms with Gasteiger partial charge in [0.2, 0.25) is 11.4 Å². The highest BCUT2D eigenvalue weighted by atomic mass is 16.6. The van der Waals surface area contributed by atoms with E-state index in [2.05, 4.69) is 0 Å². The molecule has 64 valence electrons. The lowest BCUT2D eigenvalue weighted by Crippen LogP contribution is -2.32. The van der Waals surface area contributed by atoms with E-state index in [0.717, 1.165) is 0 Å². The van der Waals surface area contributed by atoms with Crippen molar-refractivity contribution in [1.82, 2.24) is 0 Å². The average Bonchev–Trinajstić information content (AvgIpc) is 1.84. The second kappa shape index (κ2) is 3.32. The highest BCUT2D eigenvalue weighted by molar-refractivity contribution is 5.73. The molecule has 0 aromatic carbocycles. The number of hydrogen-bond acceptors (Lipinski definition) is 3. The summed E-state index contributed by atoms with van der Waals surface area (Å²) >= 11 is 0. The number of nitrogens with two attached hydrogens (primary N) is 1. The Morgan fingerprint density at radius 3 is 2.36 bits per heavy atom. The van der Waals surface area contributed by atoms with Crippen molar-refractivity contribution < 1.29 is 9.72 Å². The smallest absolute Gasteiger partial charge is 0.217 e. The summed E-state index contributed by atoms with van der Waals surface area (Å²) in [4.78, 5) is 20.1. The van der Waals surface area contributed by atoms with E-state index in [-0.39, 0.29) is 12.8 Å². The standard InChI is InChI=1S/C6H12N2O3/c1-6(2,8(10)11)4-3-5(7)9/h3-4H2,1-2H3,(H2,7,9). The van der Waals surface area contributed by atoms with Gasteiger partial charge in [0.15, 0.2) is 0 Å². The molecule has 5 heteroatoms. The van der Waals surface area contributed by atoms with Crippen LogP contribution in [0, 0.1) is 10.1 Å². The molecule has 0 radical (unpaired) electrons. The monoisotopic (exact) mass is 160 g/mol. The van der Waals surface area contributed by atoms with Crippen molar-refractivity contribution in [2.75, 3.05) is 0 Å². The summed E-state index contributed by atoms with van der Waals surface area (Å²) < 4.78 is 0. The molecule has 0 aromatic heterocycles. The van der Waals surface area contributed by atoms with Gasteiger partial charge in [-0.3, -0.25) is 14.9 Å². The van der Waals surface area contributed by atoms with Gasteiger partial charge < -0.3 is 5.73 Å². The predicted octanol–water partition coefficient (Wildman–Crippen LogP) is 0.307. The summed E-state index contributed by atoms with van der Waals surface area (Å²) in [6, 6.07) is 0. The number of carbonyl (C=O) groups excluding carboxylic acids is 1. The van der Waals surface area contributed by atoms with E-state index in [1.165, 1.54) is 13.8 Å². The minimum absolute atomic E-state index is 0.0635. The van der Waals surface area contributed by atoms with Crippen LogP contribution in [0.1, 0.15) is 26.7 Å². The molecule has 1 amide bonds. The summed E-state index contributed by atoms with van der Waals surface area (Å²) in [5.74, 6) is -0.500. The Morgan fingerprint density at radius 2 is 2.09 bits per heavy atom. The first-order chi connectivity index (χ1) is 4.86. The van der Waals surface area contributed by atoms with Crippen molar-refractivity contribution in [1.29, 1.82) is 0 Å². The van der Waals surface area contributed by atoms with Gasteiger partial charge in [-0.05, 0) is 0 Å². The molecule has 0 spiro atoms. The molecule has 0 unspecified atom stereocenters. The highest BCUT2D eigenvalue weighted by Crippen LogP contribution is 2.14. The summed E-state index contributed by atoms with van der Waals surface area (Å²) in [5, 5.41) is 10.3. The van der Waals surface area contributed by atoms with Crippen molar-refractivity contribution in [2.45, 2.75) is 32.2 Å². The normalized spacial score (nSPS) is 11.1. The van der Waals surface area contributed by atoms with E-state index in [1.807, 2.05) is 0 Å². The van der Waals surface area contributed by atoms with E-state index in [0.29, 0.717) is 0 Å². The number of nitro groups is 1. The van der Waals surface area contributed by atoms with Crippen LogP contribution in [-0.4, -0.2) is 16.4 Å². The zero-order chi connectivity index (χ0) is 9.07. The SMILES string of the molecule is CC(C)(CCC(N)=O)[N+](=O)[O-]. The Bertz CT molecular complexity index is 177. The van der Waals surface area contributed by atoms with E-state index < -0.39 is 16.4 Å². The van der Waals surface area contributed by atoms with Crippen LogP contribution < -0.4 is 5.73 Å². The molecule has 0 aromatic rings. The van der Waals surface area contributed by atoms with Crippen LogP contribution in [0.5, 0.6) is 0 Å². The van der Waals surface area contributed by atoms with Gasteiger partial charge in [0, 0.05) is 31.6 Å². The fourth-order valence-corrected chi connectivity index (χ4v) is 0.520. The third-order valence-corrected chi connectivity index (χ3v) is 1.48. The lowest BCUT2D eigenvalue weighted by atomic mass is 9.99. The van der Waals surface area contributed by atoms with Crippen LogP contribution in [0.25, 0.3) is 0 Å². The molecule has 5 nitrogen and oxygen atoms in total. The molecular formula is C6H12N2O3. The molecule has 0 bridgehead atoms. The molecule has 0 aliphatic carbocycles. The first-order valence-corrected chi connectivity index (χ1v) is 3.29. The summed E-state index contributed by atoms with van der Waals surface area (Å²) in [7, 11) is 0. The second-order valence-electron chi connectivity index (χ2n) is 3.04. The number of hydrogen-bond donors (Lipinski definition) is 1. The summed E-state index contributed by atoms with van der Waals surface area (Å²) in [6.45, 7) is 2.94. The molecule has 0 aliphatic heterocycles. The van der Waals surface area contributed by atoms with Crippen molar-refractivity contribution in [3.63, 3.8) is 0 Å². The molecule has 0 saturated heterocycles. The first-order valence-electron chi connectivity index (χ1n) is 3.29. The zero-order valence-corrected chi connectivity index (χ0v) is 6.66. The Balaban J connectivity index is 3.92. The maximum absolute atomic E-state index is 10.3. The van der Waals surface area contributed by atoms with Gasteiger partial charge in [-0.15, -0.1) is 0 Å². The number of nitrogens with zero attached hydrogens (tertiary/aromatic N) is 1. The van der Waals surface area contributed by atoms with Gasteiger partial charge in [-0.2, -0.15) is 0 Å². The summed E-state index contributed by atoms with van der Waals surface area (Å²) in [5.41, 5.74) is 3.79. The molecule has 0 atom stereocenters. The lowest BCUT2D eigenvalue weighted by molar-refractivity contribution is -0.561. The third-order valence-electron chi connectivity index (χ3n) is 1.48. The van der Waals surface area contributed by atoms with Crippen molar-refractivity contribution in [3.05, 3.63) is 10.1 Å². The molecule has 0 saturated carbocycles. The fraction of sp³-hybridized carbons (Fsp3) is 0.833.